The summed E-state index contributed by atoms with van der Waals surface area (Å²) >= 11 is 0. The lowest BCUT2D eigenvalue weighted by atomic mass is 9.98. The fourth-order valence-electron chi connectivity index (χ4n) is 2.21. The minimum absolute atomic E-state index is 0.0542. The molecule has 2 rings (SSSR count). The molecule has 16 heavy (non-hydrogen) atoms. The van der Waals surface area contributed by atoms with Crippen LogP contribution in [-0.4, -0.2) is 37.5 Å². The zero-order valence-electron chi connectivity index (χ0n) is 10.1. The Balaban J connectivity index is 2.05. The van der Waals surface area contributed by atoms with Gasteiger partial charge in [0, 0.05) is 5.92 Å². The van der Waals surface area contributed by atoms with Crippen LogP contribution in [0.2, 0.25) is 0 Å². The molecule has 2 fully saturated rings. The van der Waals surface area contributed by atoms with Crippen molar-refractivity contribution in [1.82, 2.24) is 0 Å². The van der Waals surface area contributed by atoms with Crippen LogP contribution in [-0.2, 0) is 18.9 Å². The van der Waals surface area contributed by atoms with Crippen molar-refractivity contribution < 1.29 is 18.9 Å². The summed E-state index contributed by atoms with van der Waals surface area (Å²) < 4.78 is 22.9. The van der Waals surface area contributed by atoms with Gasteiger partial charge in [0.25, 0.3) is 0 Å². The summed E-state index contributed by atoms with van der Waals surface area (Å²) in [5, 5.41) is 0. The zero-order valence-corrected chi connectivity index (χ0v) is 10.1. The first-order chi connectivity index (χ1) is 7.53. The fourth-order valence-corrected chi connectivity index (χ4v) is 2.21. The third-order valence-corrected chi connectivity index (χ3v) is 2.89. The van der Waals surface area contributed by atoms with Gasteiger partial charge < -0.3 is 18.9 Å². The van der Waals surface area contributed by atoms with E-state index in [2.05, 4.69) is 13.5 Å². The first-order valence-corrected chi connectivity index (χ1v) is 5.73. The van der Waals surface area contributed by atoms with Crippen LogP contribution < -0.4 is 0 Å². The van der Waals surface area contributed by atoms with Crippen LogP contribution in [0.4, 0.5) is 0 Å². The predicted octanol–water partition coefficient (Wildman–Crippen LogP) is 1.70. The predicted molar refractivity (Wildman–Crippen MR) is 58.9 cm³/mol. The van der Waals surface area contributed by atoms with Gasteiger partial charge in [-0.15, -0.1) is 6.58 Å². The maximum atomic E-state index is 5.87. The average molecular weight is 228 g/mol. The van der Waals surface area contributed by atoms with E-state index in [1.165, 1.54) is 0 Å². The van der Waals surface area contributed by atoms with Gasteiger partial charge in [0.15, 0.2) is 12.1 Å². The number of fused-ring (bicyclic) bond motifs is 1. The van der Waals surface area contributed by atoms with E-state index in [-0.39, 0.29) is 18.5 Å². The highest BCUT2D eigenvalue weighted by Crippen LogP contribution is 2.37. The summed E-state index contributed by atoms with van der Waals surface area (Å²) in [6, 6.07) is 0. The topological polar surface area (TPSA) is 36.9 Å². The Morgan fingerprint density at radius 1 is 1.38 bits per heavy atom. The SMILES string of the molecule is C=CCO[C@H]1OC[C@@H](C)[C@@H]2OC(C)(C)O[C@H]12. The maximum absolute atomic E-state index is 5.87. The van der Waals surface area contributed by atoms with E-state index in [0.29, 0.717) is 19.1 Å². The van der Waals surface area contributed by atoms with Crippen LogP contribution in [0.1, 0.15) is 20.8 Å². The van der Waals surface area contributed by atoms with Crippen molar-refractivity contribution in [3.63, 3.8) is 0 Å². The molecular weight excluding hydrogens is 208 g/mol. The summed E-state index contributed by atoms with van der Waals surface area (Å²) in [6.45, 7) is 10.7. The van der Waals surface area contributed by atoms with Crippen molar-refractivity contribution in [2.24, 2.45) is 5.92 Å². The highest BCUT2D eigenvalue weighted by molar-refractivity contribution is 4.90. The van der Waals surface area contributed by atoms with Crippen LogP contribution in [0.25, 0.3) is 0 Å². The summed E-state index contributed by atoms with van der Waals surface area (Å²) in [5.74, 6) is -0.219. The number of hydrogen-bond acceptors (Lipinski definition) is 4. The lowest BCUT2D eigenvalue weighted by Crippen LogP contribution is -2.48. The standard InChI is InChI=1S/C12H20O4/c1-5-6-13-11-10-9(8(2)7-14-11)15-12(3,4)16-10/h5,8-11H,1,6-7H2,2-4H3/t8-,9+,10+,11+/m1/s1. The molecule has 0 N–H and O–H groups in total. The summed E-state index contributed by atoms with van der Waals surface area (Å²) in [7, 11) is 0. The van der Waals surface area contributed by atoms with Gasteiger partial charge >= 0.3 is 0 Å². The summed E-state index contributed by atoms with van der Waals surface area (Å²) in [4.78, 5) is 0. The van der Waals surface area contributed by atoms with Gasteiger partial charge in [-0.1, -0.05) is 13.0 Å². The van der Waals surface area contributed by atoms with E-state index >= 15 is 0 Å². The minimum Gasteiger partial charge on any atom is -0.349 e. The molecule has 4 atom stereocenters. The molecule has 0 aliphatic carbocycles. The summed E-state index contributed by atoms with van der Waals surface area (Å²) in [5.41, 5.74) is 0. The van der Waals surface area contributed by atoms with Crippen molar-refractivity contribution in [2.75, 3.05) is 13.2 Å². The number of hydrogen-bond donors (Lipinski definition) is 0. The van der Waals surface area contributed by atoms with Crippen molar-refractivity contribution >= 4 is 0 Å². The molecular formula is C12H20O4. The van der Waals surface area contributed by atoms with Crippen LogP contribution >= 0.6 is 0 Å². The Labute approximate surface area is 96.5 Å². The van der Waals surface area contributed by atoms with Gasteiger partial charge in [-0.2, -0.15) is 0 Å². The molecule has 0 aromatic rings. The lowest BCUT2D eigenvalue weighted by molar-refractivity contribution is -0.234. The van der Waals surface area contributed by atoms with E-state index in [4.69, 9.17) is 18.9 Å². The van der Waals surface area contributed by atoms with E-state index < -0.39 is 5.79 Å². The van der Waals surface area contributed by atoms with Gasteiger partial charge in [-0.05, 0) is 13.8 Å². The molecule has 0 saturated carbocycles. The average Bonchev–Trinajstić information content (AvgIpc) is 2.54. The second kappa shape index (κ2) is 4.45. The first kappa shape index (κ1) is 12.0. The van der Waals surface area contributed by atoms with Crippen molar-refractivity contribution in [1.29, 1.82) is 0 Å². The van der Waals surface area contributed by atoms with E-state index in [9.17, 15) is 0 Å². The maximum Gasteiger partial charge on any atom is 0.186 e. The molecule has 0 radical (unpaired) electrons. The van der Waals surface area contributed by atoms with E-state index in [1.54, 1.807) is 6.08 Å². The number of ether oxygens (including phenoxy) is 4. The molecule has 0 spiro atoms. The largest absolute Gasteiger partial charge is 0.349 e. The zero-order chi connectivity index (χ0) is 11.8. The second-order valence-corrected chi connectivity index (χ2v) is 4.87. The molecule has 0 aromatic heterocycles. The Hall–Kier alpha value is -0.420. The third-order valence-electron chi connectivity index (χ3n) is 2.89. The second-order valence-electron chi connectivity index (χ2n) is 4.87. The highest BCUT2D eigenvalue weighted by atomic mass is 16.8. The monoisotopic (exact) mass is 228 g/mol. The van der Waals surface area contributed by atoms with Gasteiger partial charge in [-0.25, -0.2) is 0 Å². The molecule has 2 saturated heterocycles. The third kappa shape index (κ3) is 2.30. The van der Waals surface area contributed by atoms with Crippen LogP contribution in [0.5, 0.6) is 0 Å². The quantitative estimate of drug-likeness (QED) is 0.689. The molecule has 0 amide bonds. The first-order valence-electron chi connectivity index (χ1n) is 5.73. The molecule has 92 valence electrons. The molecule has 2 aliphatic heterocycles. The molecule has 2 heterocycles. The van der Waals surface area contributed by atoms with Gasteiger partial charge in [0.1, 0.15) is 6.10 Å². The molecule has 2 aliphatic rings. The normalized spacial score (nSPS) is 41.7. The number of rotatable bonds is 3. The molecule has 0 bridgehead atoms. The smallest absolute Gasteiger partial charge is 0.186 e. The lowest BCUT2D eigenvalue weighted by Gasteiger charge is -2.34. The van der Waals surface area contributed by atoms with Gasteiger partial charge in [-0.3, -0.25) is 0 Å². The van der Waals surface area contributed by atoms with E-state index in [0.717, 1.165) is 0 Å². The van der Waals surface area contributed by atoms with E-state index in [1.807, 2.05) is 13.8 Å². The van der Waals surface area contributed by atoms with Crippen LogP contribution in [0, 0.1) is 5.92 Å². The molecule has 4 heteroatoms. The Morgan fingerprint density at radius 2 is 2.06 bits per heavy atom. The van der Waals surface area contributed by atoms with Gasteiger partial charge in [0.2, 0.25) is 0 Å². The molecule has 0 aromatic carbocycles. The Kier molecular flexibility index (Phi) is 3.35. The minimum atomic E-state index is -0.549. The highest BCUT2D eigenvalue weighted by Gasteiger charge is 2.51. The molecule has 4 nitrogen and oxygen atoms in total. The van der Waals surface area contributed by atoms with Crippen LogP contribution in [0.3, 0.4) is 0 Å². The van der Waals surface area contributed by atoms with Crippen molar-refractivity contribution in [3.05, 3.63) is 12.7 Å². The fraction of sp³-hybridized carbons (Fsp3) is 0.833. The Bertz CT molecular complexity index is 264. The molecule has 0 unspecified atom stereocenters. The van der Waals surface area contributed by atoms with Crippen LogP contribution in [0.15, 0.2) is 12.7 Å². The van der Waals surface area contributed by atoms with Crippen molar-refractivity contribution in [3.8, 4) is 0 Å². The summed E-state index contributed by atoms with van der Waals surface area (Å²) in [6.07, 6.45) is 1.27. The van der Waals surface area contributed by atoms with Crippen molar-refractivity contribution in [2.45, 2.75) is 45.1 Å². The Morgan fingerprint density at radius 3 is 2.75 bits per heavy atom. The van der Waals surface area contributed by atoms with Gasteiger partial charge in [0.05, 0.1) is 19.3 Å².